The second-order valence-corrected chi connectivity index (χ2v) is 11.2. The van der Waals surface area contributed by atoms with Crippen LogP contribution in [-0.2, 0) is 32.5 Å². The monoisotopic (exact) mass is 526 g/mol. The number of para-hydroxylation sites is 1. The Morgan fingerprint density at radius 1 is 1.11 bits per heavy atom. The van der Waals surface area contributed by atoms with Crippen LogP contribution in [0.5, 0.6) is 0 Å². The summed E-state index contributed by atoms with van der Waals surface area (Å²) in [6.07, 6.45) is 6.33. The second kappa shape index (κ2) is 13.0. The summed E-state index contributed by atoms with van der Waals surface area (Å²) in [6.45, 7) is 3.88. The van der Waals surface area contributed by atoms with Crippen LogP contribution in [0.25, 0.3) is 17.0 Å². The molecule has 1 aliphatic rings. The van der Waals surface area contributed by atoms with Crippen LogP contribution in [-0.4, -0.2) is 78.9 Å². The third-order valence-corrected chi connectivity index (χ3v) is 8.49. The van der Waals surface area contributed by atoms with Gasteiger partial charge in [0.2, 0.25) is 10.0 Å². The fourth-order valence-electron chi connectivity index (χ4n) is 4.51. The van der Waals surface area contributed by atoms with Crippen LogP contribution in [0.3, 0.4) is 0 Å². The van der Waals surface area contributed by atoms with Gasteiger partial charge < -0.3 is 9.72 Å². The van der Waals surface area contributed by atoms with Crippen molar-refractivity contribution in [3.05, 3.63) is 77.5 Å². The Kier molecular flexibility index (Phi) is 9.48. The highest BCUT2D eigenvalue weighted by molar-refractivity contribution is 7.89. The number of sulfonamides is 1. The molecule has 0 radical (unpaired) electrons. The van der Waals surface area contributed by atoms with E-state index in [2.05, 4.69) is 28.2 Å². The van der Waals surface area contributed by atoms with E-state index in [0.717, 1.165) is 29.6 Å². The number of aromatic nitrogens is 1. The number of benzene rings is 2. The molecule has 1 amide bonds. The number of ether oxygens (including phenoxy) is 1. The van der Waals surface area contributed by atoms with Crippen molar-refractivity contribution in [2.75, 3.05) is 45.1 Å². The van der Waals surface area contributed by atoms with Gasteiger partial charge in [0, 0.05) is 49.4 Å². The van der Waals surface area contributed by atoms with Crippen molar-refractivity contribution in [1.82, 2.24) is 19.7 Å². The van der Waals surface area contributed by atoms with E-state index in [1.807, 2.05) is 36.4 Å². The maximum absolute atomic E-state index is 12.8. The number of nitrogens with one attached hydrogen (secondary N) is 2. The van der Waals surface area contributed by atoms with Crippen LogP contribution in [0.15, 0.2) is 60.8 Å². The zero-order valence-electron chi connectivity index (χ0n) is 20.8. The normalized spacial score (nSPS) is 15.1. The highest BCUT2D eigenvalue weighted by Gasteiger charge is 2.24. The minimum Gasteiger partial charge on any atom is -0.379 e. The van der Waals surface area contributed by atoms with Crippen LogP contribution in [0.1, 0.15) is 23.1 Å². The molecule has 3 N–H and O–H groups in total. The summed E-state index contributed by atoms with van der Waals surface area (Å²) < 4.78 is 32.4. The first-order chi connectivity index (χ1) is 17.9. The van der Waals surface area contributed by atoms with E-state index in [4.69, 9.17) is 9.94 Å². The predicted octanol–water partition coefficient (Wildman–Crippen LogP) is 2.78. The maximum Gasteiger partial charge on any atom is 0.267 e. The number of carbonyl (C=O) groups excluding carboxylic acids is 1. The zero-order valence-corrected chi connectivity index (χ0v) is 21.6. The van der Waals surface area contributed by atoms with E-state index in [-0.39, 0.29) is 5.75 Å². The van der Waals surface area contributed by atoms with Gasteiger partial charge in [0.05, 0.1) is 19.0 Å². The van der Waals surface area contributed by atoms with E-state index >= 15 is 0 Å². The van der Waals surface area contributed by atoms with Crippen LogP contribution in [0.4, 0.5) is 0 Å². The number of morpholine rings is 1. The van der Waals surface area contributed by atoms with Crippen LogP contribution < -0.4 is 5.48 Å². The Hall–Kier alpha value is -3.02. The minimum absolute atomic E-state index is 0.118. The molecule has 0 aliphatic carbocycles. The summed E-state index contributed by atoms with van der Waals surface area (Å²) in [5, 5.41) is 9.83. The average molecular weight is 527 g/mol. The lowest BCUT2D eigenvalue weighted by Gasteiger charge is -2.27. The van der Waals surface area contributed by atoms with Crippen molar-refractivity contribution in [2.24, 2.45) is 0 Å². The second-order valence-electron chi connectivity index (χ2n) is 9.12. The maximum atomic E-state index is 12.8. The van der Waals surface area contributed by atoms with Gasteiger partial charge in [-0.1, -0.05) is 42.5 Å². The Balaban J connectivity index is 1.40. The van der Waals surface area contributed by atoms with Crippen molar-refractivity contribution in [2.45, 2.75) is 19.4 Å². The van der Waals surface area contributed by atoms with E-state index < -0.39 is 15.9 Å². The molecule has 9 nitrogen and oxygen atoms in total. The van der Waals surface area contributed by atoms with Crippen molar-refractivity contribution in [3.63, 3.8) is 0 Å². The lowest BCUT2D eigenvalue weighted by molar-refractivity contribution is -0.124. The molecule has 0 bridgehead atoms. The van der Waals surface area contributed by atoms with Crippen LogP contribution in [0, 0.1) is 0 Å². The number of nitrogens with zero attached hydrogens (tertiary/aromatic N) is 2. The van der Waals surface area contributed by atoms with Gasteiger partial charge in [-0.05, 0) is 48.2 Å². The highest BCUT2D eigenvalue weighted by Crippen LogP contribution is 2.19. The highest BCUT2D eigenvalue weighted by atomic mass is 32.2. The molecule has 2 heterocycles. The van der Waals surface area contributed by atoms with Gasteiger partial charge in [-0.15, -0.1) is 0 Å². The van der Waals surface area contributed by atoms with Gasteiger partial charge in [-0.2, -0.15) is 4.31 Å². The number of rotatable bonds is 12. The number of carbonyl (C=O) groups is 1. The van der Waals surface area contributed by atoms with Crippen molar-refractivity contribution < 1.29 is 23.2 Å². The zero-order chi connectivity index (χ0) is 26.1. The first-order valence-corrected chi connectivity index (χ1v) is 14.1. The summed E-state index contributed by atoms with van der Waals surface area (Å²) in [6, 6.07) is 16.1. The van der Waals surface area contributed by atoms with Crippen molar-refractivity contribution >= 4 is 32.9 Å². The molecule has 0 atom stereocenters. The first-order valence-electron chi connectivity index (χ1n) is 12.5. The molecule has 37 heavy (non-hydrogen) atoms. The third-order valence-electron chi connectivity index (χ3n) is 6.54. The summed E-state index contributed by atoms with van der Waals surface area (Å²) in [5.41, 5.74) is 5.86. The number of hydroxylamine groups is 1. The molecule has 4 rings (SSSR count). The predicted molar refractivity (Wildman–Crippen MR) is 143 cm³/mol. The Bertz CT molecular complexity index is 1300. The number of amides is 1. The lowest BCUT2D eigenvalue weighted by Crippen LogP contribution is -2.42. The molecule has 198 valence electrons. The molecular formula is C27H34N4O5S. The van der Waals surface area contributed by atoms with Gasteiger partial charge in [0.15, 0.2) is 0 Å². The number of hydrogen-bond donors (Lipinski definition) is 3. The molecule has 1 fully saturated rings. The number of fused-ring (bicyclic) bond motifs is 1. The van der Waals surface area contributed by atoms with Crippen molar-refractivity contribution in [3.8, 4) is 0 Å². The van der Waals surface area contributed by atoms with Crippen LogP contribution >= 0.6 is 0 Å². The average Bonchev–Trinajstić information content (AvgIpc) is 3.34. The fraction of sp³-hybridized carbons (Fsp3) is 0.370. The SMILES string of the molecule is O=C(/C=C/c1ccc(CN(CCCS(=O)(=O)N2CCOCC2)CCc2c[nH]c3ccccc23)cc1)NO. The van der Waals surface area contributed by atoms with Gasteiger partial charge in [0.1, 0.15) is 0 Å². The molecule has 0 unspecified atom stereocenters. The number of H-pyrrole nitrogens is 1. The van der Waals surface area contributed by atoms with Crippen molar-refractivity contribution in [1.29, 1.82) is 0 Å². The van der Waals surface area contributed by atoms with Gasteiger partial charge in [-0.3, -0.25) is 14.9 Å². The topological polar surface area (TPSA) is 115 Å². The molecule has 1 aliphatic heterocycles. The molecule has 0 spiro atoms. The molecule has 3 aromatic rings. The van der Waals surface area contributed by atoms with Gasteiger partial charge in [0.25, 0.3) is 5.91 Å². The van der Waals surface area contributed by atoms with Gasteiger partial charge in [-0.25, -0.2) is 13.9 Å². The summed E-state index contributed by atoms with van der Waals surface area (Å²) in [7, 11) is -3.30. The standard InChI is InChI=1S/C27H34N4O5S/c32-27(29-33)11-10-22-6-8-23(9-7-22)21-30(13-3-19-37(34,35)31-15-17-36-18-16-31)14-12-24-20-28-26-5-2-1-4-25(24)26/h1-2,4-11,20,28,33H,3,12-19,21H2,(H,29,32)/b11-10+. The van der Waals surface area contributed by atoms with E-state index in [1.165, 1.54) is 21.3 Å². The fourth-order valence-corrected chi connectivity index (χ4v) is 5.97. The van der Waals surface area contributed by atoms with E-state index in [9.17, 15) is 13.2 Å². The quantitative estimate of drug-likeness (QED) is 0.190. The molecule has 10 heteroatoms. The molecular weight excluding hydrogens is 492 g/mol. The Morgan fingerprint density at radius 2 is 1.86 bits per heavy atom. The smallest absolute Gasteiger partial charge is 0.267 e. The molecule has 1 aromatic heterocycles. The Labute approximate surface area is 217 Å². The summed E-state index contributed by atoms with van der Waals surface area (Å²) in [5.74, 6) is -0.465. The summed E-state index contributed by atoms with van der Waals surface area (Å²) >= 11 is 0. The van der Waals surface area contributed by atoms with Gasteiger partial charge >= 0.3 is 0 Å². The lowest BCUT2D eigenvalue weighted by atomic mass is 10.1. The van der Waals surface area contributed by atoms with E-state index in [1.54, 1.807) is 11.6 Å². The first kappa shape index (κ1) is 27.0. The Morgan fingerprint density at radius 3 is 2.62 bits per heavy atom. The molecule has 2 aromatic carbocycles. The van der Waals surface area contributed by atoms with Crippen LogP contribution in [0.2, 0.25) is 0 Å². The molecule has 1 saturated heterocycles. The summed E-state index contributed by atoms with van der Waals surface area (Å²) in [4.78, 5) is 16.8. The third kappa shape index (κ3) is 7.73. The number of hydrogen-bond acceptors (Lipinski definition) is 6. The number of aromatic amines is 1. The van der Waals surface area contributed by atoms with E-state index in [0.29, 0.717) is 45.8 Å². The minimum atomic E-state index is -3.30. The molecule has 0 saturated carbocycles. The largest absolute Gasteiger partial charge is 0.379 e.